The number of ether oxygens (including phenoxy) is 1. The summed E-state index contributed by atoms with van der Waals surface area (Å²) in [6.07, 6.45) is 11.0. The molecule has 1 heterocycles. The van der Waals surface area contributed by atoms with Gasteiger partial charge in [0.05, 0.1) is 12.2 Å². The number of carbonyl (C=O) groups is 1. The molecule has 5 nitrogen and oxygen atoms in total. The second-order valence-corrected chi connectivity index (χ2v) is 11.4. The predicted octanol–water partition coefficient (Wildman–Crippen LogP) is 4.22. The molecule has 0 bridgehead atoms. The van der Waals surface area contributed by atoms with Crippen molar-refractivity contribution in [3.8, 4) is 0 Å². The average molecular weight is 445 g/mol. The fraction of sp³-hybridized carbons (Fsp3) is 0.741. The van der Waals surface area contributed by atoms with E-state index in [0.717, 1.165) is 24.0 Å². The van der Waals surface area contributed by atoms with E-state index in [-0.39, 0.29) is 11.5 Å². The molecule has 0 amide bonds. The van der Waals surface area contributed by atoms with Crippen LogP contribution in [0, 0.1) is 23.2 Å². The van der Waals surface area contributed by atoms with E-state index in [1.807, 2.05) is 0 Å². The second-order valence-electron chi connectivity index (χ2n) is 11.4. The Morgan fingerprint density at radius 2 is 2.00 bits per heavy atom. The van der Waals surface area contributed by atoms with Crippen LogP contribution in [0.5, 0.6) is 0 Å². The Bertz CT molecular complexity index is 824. The smallest absolute Gasteiger partial charge is 0.338 e. The zero-order chi connectivity index (χ0) is 23.3. The zero-order valence-corrected chi connectivity index (χ0v) is 19.8. The second kappa shape index (κ2) is 8.73. The molecule has 0 radical (unpaired) electrons. The molecule has 1 aliphatic heterocycles. The maximum atomic E-state index is 11.9. The molecular weight excluding hydrogens is 404 g/mol. The molecule has 0 spiro atoms. The van der Waals surface area contributed by atoms with Gasteiger partial charge in [0.2, 0.25) is 0 Å². The SMILES string of the molecule is C=C1C(=CC=C2CCC[C@@]3(C)C2CC[C@@H]3[C@H](C)CC2CC(C)(O)C(=O)O2)C[C@@H](O)C[C@@H]1O. The third-order valence-electron chi connectivity index (χ3n) is 8.96. The van der Waals surface area contributed by atoms with E-state index in [1.165, 1.54) is 31.3 Å². The van der Waals surface area contributed by atoms with Crippen LogP contribution in [0.15, 0.2) is 35.5 Å². The number of fused-ring (bicyclic) bond motifs is 1. The van der Waals surface area contributed by atoms with Gasteiger partial charge in [-0.15, -0.1) is 0 Å². The van der Waals surface area contributed by atoms with Gasteiger partial charge in [-0.05, 0) is 86.2 Å². The summed E-state index contributed by atoms with van der Waals surface area (Å²) in [6.45, 7) is 10.3. The minimum atomic E-state index is -1.34. The van der Waals surface area contributed by atoms with Crippen LogP contribution >= 0.6 is 0 Å². The lowest BCUT2D eigenvalue weighted by molar-refractivity contribution is -0.154. The summed E-state index contributed by atoms with van der Waals surface area (Å²) in [6, 6.07) is 0. The molecule has 8 atom stereocenters. The number of carbonyl (C=O) groups excluding carboxylic acids is 1. The van der Waals surface area contributed by atoms with E-state index >= 15 is 0 Å². The summed E-state index contributed by atoms with van der Waals surface area (Å²) >= 11 is 0. The molecule has 5 heteroatoms. The predicted molar refractivity (Wildman–Crippen MR) is 124 cm³/mol. The standard InChI is InChI=1S/C27H40O5/c1-16(12-21-15-27(4,31)25(30)32-21)22-9-10-23-18(6-5-11-26(22,23)3)7-8-19-13-20(28)14-24(29)17(19)2/h7-8,16,20-24,28-29,31H,2,5-6,9-15H2,1,3-4H3/t16-,20-,21?,22-,23?,24+,26-,27?/m1/s1. The summed E-state index contributed by atoms with van der Waals surface area (Å²) in [5.74, 6) is 1.06. The van der Waals surface area contributed by atoms with E-state index in [2.05, 4.69) is 32.6 Å². The highest BCUT2D eigenvalue weighted by Crippen LogP contribution is 2.60. The Hall–Kier alpha value is -1.43. The van der Waals surface area contributed by atoms with Crippen molar-refractivity contribution < 1.29 is 24.9 Å². The Labute approximate surface area is 192 Å². The third kappa shape index (κ3) is 4.36. The highest BCUT2D eigenvalue weighted by Gasteiger charge is 2.52. The number of cyclic esters (lactones) is 1. The first-order valence-corrected chi connectivity index (χ1v) is 12.4. The van der Waals surface area contributed by atoms with Gasteiger partial charge in [-0.25, -0.2) is 4.79 Å². The van der Waals surface area contributed by atoms with Crippen molar-refractivity contribution in [1.29, 1.82) is 0 Å². The highest BCUT2D eigenvalue weighted by molar-refractivity contribution is 5.80. The topological polar surface area (TPSA) is 87.0 Å². The lowest BCUT2D eigenvalue weighted by atomic mass is 9.60. The number of hydrogen-bond donors (Lipinski definition) is 3. The Balaban J connectivity index is 1.47. The summed E-state index contributed by atoms with van der Waals surface area (Å²) in [5.41, 5.74) is 2.08. The average Bonchev–Trinajstić information content (AvgIpc) is 3.18. The molecule has 4 aliphatic rings. The Morgan fingerprint density at radius 3 is 2.69 bits per heavy atom. The van der Waals surface area contributed by atoms with Crippen LogP contribution in [0.3, 0.4) is 0 Å². The quantitative estimate of drug-likeness (QED) is 0.565. The van der Waals surface area contributed by atoms with Crippen molar-refractivity contribution >= 4 is 5.97 Å². The lowest BCUT2D eigenvalue weighted by Crippen LogP contribution is -2.36. The number of aliphatic hydroxyl groups is 3. The summed E-state index contributed by atoms with van der Waals surface area (Å²) in [7, 11) is 0. The summed E-state index contributed by atoms with van der Waals surface area (Å²) in [4.78, 5) is 11.9. The first kappa shape index (κ1) is 23.7. The van der Waals surface area contributed by atoms with Crippen molar-refractivity contribution in [2.45, 2.75) is 102 Å². The molecular formula is C27H40O5. The fourth-order valence-corrected chi connectivity index (χ4v) is 7.24. The molecule has 4 rings (SSSR count). The van der Waals surface area contributed by atoms with Gasteiger partial charge in [-0.2, -0.15) is 0 Å². The van der Waals surface area contributed by atoms with Crippen LogP contribution in [0.4, 0.5) is 0 Å². The molecule has 0 aromatic carbocycles. The first-order valence-electron chi connectivity index (χ1n) is 12.4. The summed E-state index contributed by atoms with van der Waals surface area (Å²) < 4.78 is 5.47. The minimum absolute atomic E-state index is 0.186. The molecule has 3 saturated carbocycles. The fourth-order valence-electron chi connectivity index (χ4n) is 7.24. The van der Waals surface area contributed by atoms with Crippen molar-refractivity contribution in [2.75, 3.05) is 0 Å². The molecule has 0 aromatic heterocycles. The molecule has 178 valence electrons. The van der Waals surface area contributed by atoms with E-state index in [1.54, 1.807) is 6.92 Å². The van der Waals surface area contributed by atoms with Gasteiger partial charge in [0.25, 0.3) is 0 Å². The van der Waals surface area contributed by atoms with Crippen LogP contribution in [0.25, 0.3) is 0 Å². The number of rotatable bonds is 4. The molecule has 4 fully saturated rings. The monoisotopic (exact) mass is 444 g/mol. The van der Waals surface area contributed by atoms with E-state index < -0.39 is 23.8 Å². The first-order chi connectivity index (χ1) is 15.0. The van der Waals surface area contributed by atoms with Gasteiger partial charge in [0, 0.05) is 12.8 Å². The van der Waals surface area contributed by atoms with E-state index in [9.17, 15) is 20.1 Å². The number of allylic oxidation sites excluding steroid dienone is 3. The van der Waals surface area contributed by atoms with Crippen LogP contribution in [0.1, 0.15) is 78.6 Å². The Kier molecular flexibility index (Phi) is 6.47. The van der Waals surface area contributed by atoms with Crippen molar-refractivity contribution in [1.82, 2.24) is 0 Å². The van der Waals surface area contributed by atoms with E-state index in [4.69, 9.17) is 4.74 Å². The largest absolute Gasteiger partial charge is 0.460 e. The number of esters is 1. The normalized spacial score (nSPS) is 45.9. The maximum absolute atomic E-state index is 11.9. The van der Waals surface area contributed by atoms with Gasteiger partial charge in [0.1, 0.15) is 6.10 Å². The molecule has 1 saturated heterocycles. The third-order valence-corrected chi connectivity index (χ3v) is 8.96. The van der Waals surface area contributed by atoms with Gasteiger partial charge in [0.15, 0.2) is 5.60 Å². The van der Waals surface area contributed by atoms with Crippen LogP contribution in [-0.2, 0) is 9.53 Å². The molecule has 3 aliphatic carbocycles. The zero-order valence-electron chi connectivity index (χ0n) is 19.8. The van der Waals surface area contributed by atoms with Gasteiger partial charge >= 0.3 is 5.97 Å². The Morgan fingerprint density at radius 1 is 1.25 bits per heavy atom. The number of aliphatic hydroxyl groups excluding tert-OH is 2. The van der Waals surface area contributed by atoms with Crippen molar-refractivity contribution in [3.63, 3.8) is 0 Å². The van der Waals surface area contributed by atoms with Crippen molar-refractivity contribution in [3.05, 3.63) is 35.5 Å². The summed E-state index contributed by atoms with van der Waals surface area (Å²) in [5, 5.41) is 30.4. The molecule has 3 N–H and O–H groups in total. The van der Waals surface area contributed by atoms with Crippen LogP contribution in [-0.4, -0.2) is 45.2 Å². The van der Waals surface area contributed by atoms with Crippen LogP contribution < -0.4 is 0 Å². The lowest BCUT2D eigenvalue weighted by Gasteiger charge is -2.44. The van der Waals surface area contributed by atoms with Gasteiger partial charge < -0.3 is 20.1 Å². The van der Waals surface area contributed by atoms with Crippen molar-refractivity contribution in [2.24, 2.45) is 23.2 Å². The molecule has 32 heavy (non-hydrogen) atoms. The molecule has 0 aromatic rings. The van der Waals surface area contributed by atoms with Gasteiger partial charge in [-0.3, -0.25) is 0 Å². The molecule has 3 unspecified atom stereocenters. The minimum Gasteiger partial charge on any atom is -0.460 e. The number of hydrogen-bond acceptors (Lipinski definition) is 5. The van der Waals surface area contributed by atoms with Gasteiger partial charge in [-0.1, -0.05) is 38.2 Å². The van der Waals surface area contributed by atoms with E-state index in [0.29, 0.717) is 37.0 Å². The maximum Gasteiger partial charge on any atom is 0.338 e. The van der Waals surface area contributed by atoms with Crippen LogP contribution in [0.2, 0.25) is 0 Å². The highest BCUT2D eigenvalue weighted by atomic mass is 16.6.